The van der Waals surface area contributed by atoms with Gasteiger partial charge in [0, 0.05) is 18.1 Å². The van der Waals surface area contributed by atoms with Gasteiger partial charge in [-0.2, -0.15) is 4.31 Å². The van der Waals surface area contributed by atoms with Gasteiger partial charge >= 0.3 is 0 Å². The first-order chi connectivity index (χ1) is 11.9. The van der Waals surface area contributed by atoms with Gasteiger partial charge in [0.15, 0.2) is 0 Å². The molecule has 1 N–H and O–H groups in total. The molecular weight excluding hydrogens is 367 g/mol. The van der Waals surface area contributed by atoms with Crippen molar-refractivity contribution in [2.75, 3.05) is 13.1 Å². The molecule has 2 aromatic rings. The summed E-state index contributed by atoms with van der Waals surface area (Å²) in [5, 5.41) is 3.00. The third kappa shape index (κ3) is 3.84. The lowest BCUT2D eigenvalue weighted by Crippen LogP contribution is -2.52. The molecule has 0 radical (unpaired) electrons. The van der Waals surface area contributed by atoms with Crippen molar-refractivity contribution in [3.63, 3.8) is 0 Å². The van der Waals surface area contributed by atoms with E-state index in [1.807, 2.05) is 0 Å². The molecule has 25 heavy (non-hydrogen) atoms. The standard InChI is InChI=1S/C17H16ClFN2O3S/c18-15-4-2-1-3-14(15)16-17(22)20-9-10-21(16)25(23,24)11-12-5-7-13(19)8-6-12/h1-8,16H,9-11H2,(H,20,22). The Morgan fingerprint density at radius 1 is 1.16 bits per heavy atom. The summed E-state index contributed by atoms with van der Waals surface area (Å²) in [7, 11) is -3.80. The van der Waals surface area contributed by atoms with E-state index < -0.39 is 27.8 Å². The Morgan fingerprint density at radius 3 is 2.52 bits per heavy atom. The van der Waals surface area contributed by atoms with E-state index in [2.05, 4.69) is 5.32 Å². The normalized spacial score (nSPS) is 18.8. The largest absolute Gasteiger partial charge is 0.353 e. The van der Waals surface area contributed by atoms with Gasteiger partial charge in [0.2, 0.25) is 15.9 Å². The van der Waals surface area contributed by atoms with Crippen molar-refractivity contribution in [1.82, 2.24) is 9.62 Å². The van der Waals surface area contributed by atoms with Crippen LogP contribution in [-0.2, 0) is 20.6 Å². The number of sulfonamides is 1. The molecule has 1 heterocycles. The van der Waals surface area contributed by atoms with E-state index in [1.165, 1.54) is 24.3 Å². The molecule has 0 spiro atoms. The summed E-state index contributed by atoms with van der Waals surface area (Å²) in [6, 6.07) is 10.9. The molecule has 1 aliphatic rings. The molecule has 1 unspecified atom stereocenters. The van der Waals surface area contributed by atoms with Crippen molar-refractivity contribution in [3.8, 4) is 0 Å². The molecule has 1 fully saturated rings. The number of hydrogen-bond acceptors (Lipinski definition) is 3. The van der Waals surface area contributed by atoms with Crippen LogP contribution in [0.2, 0.25) is 5.02 Å². The summed E-state index contributed by atoms with van der Waals surface area (Å²) in [4.78, 5) is 12.4. The van der Waals surface area contributed by atoms with Gasteiger partial charge in [-0.15, -0.1) is 0 Å². The Hall–Kier alpha value is -1.96. The Labute approximate surface area is 150 Å². The van der Waals surface area contributed by atoms with Crippen molar-refractivity contribution in [2.45, 2.75) is 11.8 Å². The number of nitrogens with zero attached hydrogens (tertiary/aromatic N) is 1. The van der Waals surface area contributed by atoms with Gasteiger partial charge in [-0.25, -0.2) is 12.8 Å². The highest BCUT2D eigenvalue weighted by Crippen LogP contribution is 2.32. The highest BCUT2D eigenvalue weighted by Gasteiger charge is 2.39. The van der Waals surface area contributed by atoms with Gasteiger partial charge in [-0.3, -0.25) is 4.79 Å². The molecule has 2 aromatic carbocycles. The van der Waals surface area contributed by atoms with Crippen LogP contribution >= 0.6 is 11.6 Å². The lowest BCUT2D eigenvalue weighted by molar-refractivity contribution is -0.126. The highest BCUT2D eigenvalue weighted by molar-refractivity contribution is 7.88. The number of carbonyl (C=O) groups excluding carboxylic acids is 1. The molecule has 0 bridgehead atoms. The fraction of sp³-hybridized carbons (Fsp3) is 0.235. The maximum absolute atomic E-state index is 13.0. The van der Waals surface area contributed by atoms with Crippen LogP contribution in [0.3, 0.4) is 0 Å². The predicted molar refractivity (Wildman–Crippen MR) is 92.9 cm³/mol. The lowest BCUT2D eigenvalue weighted by Gasteiger charge is -2.34. The number of halogens is 2. The topological polar surface area (TPSA) is 66.5 Å². The summed E-state index contributed by atoms with van der Waals surface area (Å²) in [6.45, 7) is 0.369. The van der Waals surface area contributed by atoms with Crippen LogP contribution in [0, 0.1) is 5.82 Å². The minimum Gasteiger partial charge on any atom is -0.353 e. The first kappa shape index (κ1) is 17.8. The maximum atomic E-state index is 13.0. The first-order valence-electron chi connectivity index (χ1n) is 7.64. The Morgan fingerprint density at radius 2 is 1.84 bits per heavy atom. The van der Waals surface area contributed by atoms with E-state index >= 15 is 0 Å². The average molecular weight is 383 g/mol. The Kier molecular flexibility index (Phi) is 5.08. The lowest BCUT2D eigenvalue weighted by atomic mass is 10.0. The van der Waals surface area contributed by atoms with Crippen LogP contribution in [0.5, 0.6) is 0 Å². The number of nitrogens with one attached hydrogen (secondary N) is 1. The SMILES string of the molecule is O=C1NCCN(S(=O)(=O)Cc2ccc(F)cc2)C1c1ccccc1Cl. The van der Waals surface area contributed by atoms with Crippen LogP contribution in [0.4, 0.5) is 4.39 Å². The highest BCUT2D eigenvalue weighted by atomic mass is 35.5. The van der Waals surface area contributed by atoms with Gasteiger partial charge in [-0.05, 0) is 29.3 Å². The van der Waals surface area contributed by atoms with Crippen LogP contribution in [-0.4, -0.2) is 31.7 Å². The minimum atomic E-state index is -3.80. The van der Waals surface area contributed by atoms with Gasteiger partial charge < -0.3 is 5.32 Å². The summed E-state index contributed by atoms with van der Waals surface area (Å²) in [5.41, 5.74) is 0.884. The third-order valence-corrected chi connectivity index (χ3v) is 6.14. The zero-order chi connectivity index (χ0) is 18.0. The van der Waals surface area contributed by atoms with E-state index in [0.717, 1.165) is 4.31 Å². The Balaban J connectivity index is 1.95. The fourth-order valence-electron chi connectivity index (χ4n) is 2.81. The molecule has 1 atom stereocenters. The molecule has 0 aromatic heterocycles. The monoisotopic (exact) mass is 382 g/mol. The molecule has 1 amide bonds. The second-order valence-electron chi connectivity index (χ2n) is 5.71. The van der Waals surface area contributed by atoms with Gasteiger partial charge in [0.1, 0.15) is 11.9 Å². The van der Waals surface area contributed by atoms with Crippen molar-refractivity contribution in [2.24, 2.45) is 0 Å². The van der Waals surface area contributed by atoms with Crippen molar-refractivity contribution in [1.29, 1.82) is 0 Å². The van der Waals surface area contributed by atoms with E-state index in [-0.39, 0.29) is 18.8 Å². The smallest absolute Gasteiger partial charge is 0.243 e. The Bertz CT molecular complexity index is 887. The van der Waals surface area contributed by atoms with Crippen LogP contribution in [0.25, 0.3) is 0 Å². The van der Waals surface area contributed by atoms with Crippen molar-refractivity contribution < 1.29 is 17.6 Å². The molecular formula is C17H16ClFN2O3S. The molecule has 0 aliphatic carbocycles. The van der Waals surface area contributed by atoms with Gasteiger partial charge in [-0.1, -0.05) is 41.9 Å². The first-order valence-corrected chi connectivity index (χ1v) is 9.63. The van der Waals surface area contributed by atoms with Gasteiger partial charge in [0.05, 0.1) is 5.75 Å². The number of hydrogen-bond donors (Lipinski definition) is 1. The molecule has 132 valence electrons. The zero-order valence-electron chi connectivity index (χ0n) is 13.2. The molecule has 0 saturated carbocycles. The van der Waals surface area contributed by atoms with Gasteiger partial charge in [0.25, 0.3) is 0 Å². The van der Waals surface area contributed by atoms with Crippen molar-refractivity contribution in [3.05, 3.63) is 70.5 Å². The second-order valence-corrected chi connectivity index (χ2v) is 8.04. The summed E-state index contributed by atoms with van der Waals surface area (Å²) < 4.78 is 40.0. The summed E-state index contributed by atoms with van der Waals surface area (Å²) >= 11 is 6.17. The third-order valence-electron chi connectivity index (χ3n) is 3.99. The number of benzene rings is 2. The minimum absolute atomic E-state index is 0.144. The molecule has 8 heteroatoms. The average Bonchev–Trinajstić information content (AvgIpc) is 2.57. The van der Waals surface area contributed by atoms with Crippen LogP contribution in [0.1, 0.15) is 17.2 Å². The zero-order valence-corrected chi connectivity index (χ0v) is 14.7. The van der Waals surface area contributed by atoms with Crippen LogP contribution < -0.4 is 5.32 Å². The van der Waals surface area contributed by atoms with E-state index in [1.54, 1.807) is 24.3 Å². The fourth-order valence-corrected chi connectivity index (χ4v) is 4.73. The molecule has 1 saturated heterocycles. The maximum Gasteiger partial charge on any atom is 0.243 e. The number of amides is 1. The number of rotatable bonds is 4. The van der Waals surface area contributed by atoms with E-state index in [9.17, 15) is 17.6 Å². The number of piperazine rings is 1. The summed E-state index contributed by atoms with van der Waals surface area (Å²) in [6.07, 6.45) is 0. The quantitative estimate of drug-likeness (QED) is 0.883. The second kappa shape index (κ2) is 7.11. The number of carbonyl (C=O) groups is 1. The molecule has 1 aliphatic heterocycles. The molecule has 5 nitrogen and oxygen atoms in total. The van der Waals surface area contributed by atoms with E-state index in [0.29, 0.717) is 16.1 Å². The molecule has 3 rings (SSSR count). The van der Waals surface area contributed by atoms with E-state index in [4.69, 9.17) is 11.6 Å². The van der Waals surface area contributed by atoms with Crippen molar-refractivity contribution >= 4 is 27.5 Å². The summed E-state index contributed by atoms with van der Waals surface area (Å²) in [5.74, 6) is -1.17. The predicted octanol–water partition coefficient (Wildman–Crippen LogP) is 2.48. The van der Waals surface area contributed by atoms with Crippen LogP contribution in [0.15, 0.2) is 48.5 Å².